The van der Waals surface area contributed by atoms with Gasteiger partial charge in [-0.15, -0.1) is 0 Å². The Kier molecular flexibility index (Phi) is 2.94. The van der Waals surface area contributed by atoms with E-state index in [1.807, 2.05) is 24.3 Å². The lowest BCUT2D eigenvalue weighted by Gasteiger charge is -2.21. The SMILES string of the molecule is C/C(=N/O)C(=O)c1ccc2c(c1)C(C)(C)c1ccccc1-2. The molecule has 3 nitrogen and oxygen atoms in total. The summed E-state index contributed by atoms with van der Waals surface area (Å²) in [5.74, 6) is -0.243. The summed E-state index contributed by atoms with van der Waals surface area (Å²) in [5.41, 5.74) is 5.34. The molecule has 0 aromatic heterocycles. The number of carbonyl (C=O) groups excluding carboxylic acids is 1. The topological polar surface area (TPSA) is 49.7 Å². The smallest absolute Gasteiger partial charge is 0.210 e. The molecule has 0 fully saturated rings. The van der Waals surface area contributed by atoms with Gasteiger partial charge in [0.05, 0.1) is 0 Å². The molecule has 0 saturated heterocycles. The molecule has 2 aromatic carbocycles. The summed E-state index contributed by atoms with van der Waals surface area (Å²) < 4.78 is 0. The van der Waals surface area contributed by atoms with Gasteiger partial charge in [0.2, 0.25) is 5.78 Å². The predicted octanol–water partition coefficient (Wildman–Crippen LogP) is 4.03. The number of fused-ring (bicyclic) bond motifs is 3. The van der Waals surface area contributed by atoms with Crippen molar-refractivity contribution in [2.45, 2.75) is 26.2 Å². The van der Waals surface area contributed by atoms with Crippen molar-refractivity contribution in [1.29, 1.82) is 0 Å². The summed E-state index contributed by atoms with van der Waals surface area (Å²) in [7, 11) is 0. The normalized spacial score (nSPS) is 15.5. The molecule has 0 bridgehead atoms. The third kappa shape index (κ3) is 1.88. The average Bonchev–Trinajstić information content (AvgIpc) is 2.74. The lowest BCUT2D eigenvalue weighted by molar-refractivity contribution is 0.106. The first-order valence-corrected chi connectivity index (χ1v) is 6.94. The standard InChI is InChI=1S/C18H17NO2/c1-11(19-21)17(20)12-8-9-14-13-6-4-5-7-15(13)18(2,3)16(14)10-12/h4-10,21H,1-3H3/b19-11-. The molecule has 0 spiro atoms. The van der Waals surface area contributed by atoms with Crippen LogP contribution in [0.3, 0.4) is 0 Å². The Bertz CT molecular complexity index is 773. The maximum atomic E-state index is 12.2. The van der Waals surface area contributed by atoms with Crippen LogP contribution < -0.4 is 0 Å². The number of hydrogen-bond acceptors (Lipinski definition) is 3. The van der Waals surface area contributed by atoms with Gasteiger partial charge in [0.15, 0.2) is 0 Å². The second-order valence-corrected chi connectivity index (χ2v) is 5.95. The zero-order chi connectivity index (χ0) is 15.2. The van der Waals surface area contributed by atoms with Gasteiger partial charge in [0.25, 0.3) is 0 Å². The Hall–Kier alpha value is -2.42. The fraction of sp³-hybridized carbons (Fsp3) is 0.222. The Morgan fingerprint density at radius 2 is 1.71 bits per heavy atom. The van der Waals surface area contributed by atoms with E-state index in [1.54, 1.807) is 6.07 Å². The average molecular weight is 279 g/mol. The first-order valence-electron chi connectivity index (χ1n) is 6.94. The minimum Gasteiger partial charge on any atom is -0.411 e. The van der Waals surface area contributed by atoms with E-state index in [4.69, 9.17) is 5.21 Å². The maximum Gasteiger partial charge on any atom is 0.210 e. The minimum absolute atomic E-state index is 0.100. The fourth-order valence-corrected chi connectivity index (χ4v) is 3.10. The number of Topliss-reactive ketones (excluding diaryl/α,β-unsaturated/α-hetero) is 1. The molecule has 0 radical (unpaired) electrons. The molecule has 3 heteroatoms. The Morgan fingerprint density at radius 3 is 2.43 bits per heavy atom. The number of ketones is 1. The molecule has 0 atom stereocenters. The van der Waals surface area contributed by atoms with Crippen molar-refractivity contribution in [2.24, 2.45) is 5.16 Å². The van der Waals surface area contributed by atoms with Crippen LogP contribution in [0, 0.1) is 0 Å². The summed E-state index contributed by atoms with van der Waals surface area (Å²) in [6.07, 6.45) is 0. The molecule has 0 saturated carbocycles. The van der Waals surface area contributed by atoms with Gasteiger partial charge >= 0.3 is 0 Å². The summed E-state index contributed by atoms with van der Waals surface area (Å²) >= 11 is 0. The highest BCUT2D eigenvalue weighted by Gasteiger charge is 2.35. The van der Waals surface area contributed by atoms with Gasteiger partial charge in [0.1, 0.15) is 5.71 Å². The lowest BCUT2D eigenvalue weighted by atomic mass is 9.81. The van der Waals surface area contributed by atoms with E-state index >= 15 is 0 Å². The number of carbonyl (C=O) groups is 1. The van der Waals surface area contributed by atoms with Crippen molar-refractivity contribution in [3.63, 3.8) is 0 Å². The molecule has 3 rings (SSSR count). The van der Waals surface area contributed by atoms with Gasteiger partial charge in [-0.05, 0) is 35.2 Å². The summed E-state index contributed by atoms with van der Waals surface area (Å²) in [5, 5.41) is 11.8. The Morgan fingerprint density at radius 1 is 1.05 bits per heavy atom. The van der Waals surface area contributed by atoms with Crippen LogP contribution in [-0.4, -0.2) is 16.7 Å². The molecule has 1 aliphatic rings. The quantitative estimate of drug-likeness (QED) is 0.390. The number of hydrogen-bond donors (Lipinski definition) is 1. The summed E-state index contributed by atoms with van der Waals surface area (Å²) in [6.45, 7) is 5.84. The van der Waals surface area contributed by atoms with Crippen LogP contribution in [0.4, 0.5) is 0 Å². The zero-order valence-electron chi connectivity index (χ0n) is 12.3. The maximum absolute atomic E-state index is 12.2. The predicted molar refractivity (Wildman–Crippen MR) is 83.2 cm³/mol. The molecule has 0 heterocycles. The molecule has 0 aliphatic heterocycles. The highest BCUT2D eigenvalue weighted by atomic mass is 16.4. The largest absolute Gasteiger partial charge is 0.411 e. The van der Waals surface area contributed by atoms with Crippen molar-refractivity contribution in [3.05, 3.63) is 59.2 Å². The van der Waals surface area contributed by atoms with Gasteiger partial charge in [-0.3, -0.25) is 4.79 Å². The van der Waals surface area contributed by atoms with Gasteiger partial charge < -0.3 is 5.21 Å². The van der Waals surface area contributed by atoms with Crippen molar-refractivity contribution in [2.75, 3.05) is 0 Å². The van der Waals surface area contributed by atoms with E-state index < -0.39 is 0 Å². The highest BCUT2D eigenvalue weighted by molar-refractivity contribution is 6.45. The molecule has 1 aliphatic carbocycles. The van der Waals surface area contributed by atoms with E-state index in [2.05, 4.69) is 31.1 Å². The first kappa shape index (κ1) is 13.6. The van der Waals surface area contributed by atoms with Crippen LogP contribution in [0.15, 0.2) is 47.6 Å². The van der Waals surface area contributed by atoms with Crippen molar-refractivity contribution in [1.82, 2.24) is 0 Å². The molecular weight excluding hydrogens is 262 g/mol. The highest BCUT2D eigenvalue weighted by Crippen LogP contribution is 2.48. The minimum atomic E-state index is -0.243. The van der Waals surface area contributed by atoms with Gasteiger partial charge in [-0.1, -0.05) is 55.4 Å². The van der Waals surface area contributed by atoms with Gasteiger partial charge in [0, 0.05) is 11.0 Å². The Labute approximate surface area is 123 Å². The van der Waals surface area contributed by atoms with E-state index in [-0.39, 0.29) is 16.9 Å². The molecule has 0 unspecified atom stereocenters. The van der Waals surface area contributed by atoms with Gasteiger partial charge in [-0.2, -0.15) is 0 Å². The van der Waals surface area contributed by atoms with Crippen molar-refractivity contribution in [3.8, 4) is 11.1 Å². The fourth-order valence-electron chi connectivity index (χ4n) is 3.10. The van der Waals surface area contributed by atoms with E-state index in [1.165, 1.54) is 23.6 Å². The molecule has 1 N–H and O–H groups in total. The van der Waals surface area contributed by atoms with Crippen LogP contribution in [-0.2, 0) is 5.41 Å². The van der Waals surface area contributed by atoms with Crippen LogP contribution in [0.5, 0.6) is 0 Å². The van der Waals surface area contributed by atoms with E-state index in [9.17, 15) is 4.79 Å². The lowest BCUT2D eigenvalue weighted by Crippen LogP contribution is -2.17. The number of nitrogens with zero attached hydrogens (tertiary/aromatic N) is 1. The molecule has 106 valence electrons. The molecule has 0 amide bonds. The monoisotopic (exact) mass is 279 g/mol. The number of benzene rings is 2. The third-order valence-electron chi connectivity index (χ3n) is 4.32. The summed E-state index contributed by atoms with van der Waals surface area (Å²) in [6, 6.07) is 14.0. The van der Waals surface area contributed by atoms with Gasteiger partial charge in [-0.25, -0.2) is 0 Å². The number of rotatable bonds is 2. The second-order valence-electron chi connectivity index (χ2n) is 5.95. The van der Waals surface area contributed by atoms with Crippen LogP contribution in [0.25, 0.3) is 11.1 Å². The van der Waals surface area contributed by atoms with E-state index in [0.29, 0.717) is 5.56 Å². The van der Waals surface area contributed by atoms with Crippen LogP contribution >= 0.6 is 0 Å². The number of oxime groups is 1. The third-order valence-corrected chi connectivity index (χ3v) is 4.32. The molecule has 21 heavy (non-hydrogen) atoms. The zero-order valence-corrected chi connectivity index (χ0v) is 12.3. The second kappa shape index (κ2) is 4.55. The van der Waals surface area contributed by atoms with E-state index in [0.717, 1.165) is 5.56 Å². The van der Waals surface area contributed by atoms with Crippen LogP contribution in [0.1, 0.15) is 42.3 Å². The molecular formula is C18H17NO2. The Balaban J connectivity index is 2.18. The summed E-state index contributed by atoms with van der Waals surface area (Å²) in [4.78, 5) is 12.2. The first-order chi connectivity index (χ1) is 9.96. The van der Waals surface area contributed by atoms with Crippen LogP contribution in [0.2, 0.25) is 0 Å². The molecule has 2 aromatic rings. The van der Waals surface area contributed by atoms with Crippen molar-refractivity contribution >= 4 is 11.5 Å². The van der Waals surface area contributed by atoms with Crippen molar-refractivity contribution < 1.29 is 10.0 Å².